The van der Waals surface area contributed by atoms with Crippen molar-refractivity contribution in [3.05, 3.63) is 18.0 Å². The zero-order valence-corrected chi connectivity index (χ0v) is 10.5. The zero-order chi connectivity index (χ0) is 13.1. The number of pyridine rings is 1. The van der Waals surface area contributed by atoms with Gasteiger partial charge in [0.05, 0.1) is 17.6 Å². The van der Waals surface area contributed by atoms with Crippen molar-refractivity contribution in [2.75, 3.05) is 11.9 Å². The molecule has 0 saturated heterocycles. The summed E-state index contributed by atoms with van der Waals surface area (Å²) in [6.45, 7) is 1.92. The van der Waals surface area contributed by atoms with Gasteiger partial charge in [-0.25, -0.2) is 4.98 Å². The molecule has 18 heavy (non-hydrogen) atoms. The summed E-state index contributed by atoms with van der Waals surface area (Å²) in [5, 5.41) is 16.6. The molecule has 2 N–H and O–H groups in total. The van der Waals surface area contributed by atoms with E-state index in [-0.39, 0.29) is 12.5 Å². The van der Waals surface area contributed by atoms with E-state index in [2.05, 4.69) is 15.4 Å². The van der Waals surface area contributed by atoms with Gasteiger partial charge in [-0.05, 0) is 19.4 Å². The number of carbonyl (C=O) groups is 1. The lowest BCUT2D eigenvalue weighted by molar-refractivity contribution is -0.116. The van der Waals surface area contributed by atoms with E-state index in [1.54, 1.807) is 10.9 Å². The topological polar surface area (TPSA) is 80.0 Å². The molecule has 0 fully saturated rings. The second-order valence-electron chi connectivity index (χ2n) is 4.18. The van der Waals surface area contributed by atoms with Crippen molar-refractivity contribution in [1.82, 2.24) is 14.8 Å². The first-order valence-electron chi connectivity index (χ1n) is 5.82. The van der Waals surface area contributed by atoms with Crippen LogP contribution >= 0.6 is 0 Å². The minimum absolute atomic E-state index is 0.0203. The Labute approximate surface area is 105 Å². The Morgan fingerprint density at radius 2 is 2.33 bits per heavy atom. The number of nitrogens with zero attached hydrogens (tertiary/aromatic N) is 3. The Bertz CT molecular complexity index is 577. The molecule has 96 valence electrons. The van der Waals surface area contributed by atoms with E-state index in [9.17, 15) is 4.79 Å². The Kier molecular flexibility index (Phi) is 3.57. The number of aryl methyl sites for hydroxylation is 2. The van der Waals surface area contributed by atoms with Crippen molar-refractivity contribution >= 4 is 22.6 Å². The molecular formula is C12H16N4O2. The van der Waals surface area contributed by atoms with Crippen LogP contribution < -0.4 is 5.32 Å². The lowest BCUT2D eigenvalue weighted by Gasteiger charge is -2.04. The van der Waals surface area contributed by atoms with E-state index in [0.29, 0.717) is 18.5 Å². The number of anilines is 1. The Balaban J connectivity index is 2.20. The molecule has 0 unspecified atom stereocenters. The minimum Gasteiger partial charge on any atom is -0.396 e. The number of nitrogens with one attached hydrogen (secondary N) is 1. The summed E-state index contributed by atoms with van der Waals surface area (Å²) in [5.41, 5.74) is 2.33. The summed E-state index contributed by atoms with van der Waals surface area (Å²) >= 11 is 0. The first-order valence-corrected chi connectivity index (χ1v) is 5.82. The van der Waals surface area contributed by atoms with E-state index in [0.717, 1.165) is 16.7 Å². The van der Waals surface area contributed by atoms with Crippen molar-refractivity contribution in [2.24, 2.45) is 7.05 Å². The van der Waals surface area contributed by atoms with Crippen LogP contribution in [0.4, 0.5) is 5.69 Å². The predicted octanol–water partition coefficient (Wildman–Crippen LogP) is 0.988. The van der Waals surface area contributed by atoms with Gasteiger partial charge in [-0.15, -0.1) is 0 Å². The summed E-state index contributed by atoms with van der Waals surface area (Å²) in [6.07, 6.45) is 2.38. The van der Waals surface area contributed by atoms with E-state index < -0.39 is 0 Å². The van der Waals surface area contributed by atoms with E-state index in [1.807, 2.05) is 20.0 Å². The van der Waals surface area contributed by atoms with Gasteiger partial charge in [0.2, 0.25) is 5.91 Å². The molecule has 2 heterocycles. The fraction of sp³-hybridized carbons (Fsp3) is 0.417. The van der Waals surface area contributed by atoms with Crippen LogP contribution in [0.1, 0.15) is 18.5 Å². The highest BCUT2D eigenvalue weighted by atomic mass is 16.3. The number of aromatic nitrogens is 3. The quantitative estimate of drug-likeness (QED) is 0.845. The molecule has 0 aromatic carbocycles. The normalized spacial score (nSPS) is 10.8. The lowest BCUT2D eigenvalue weighted by Crippen LogP contribution is -2.11. The van der Waals surface area contributed by atoms with E-state index >= 15 is 0 Å². The maximum absolute atomic E-state index is 11.5. The summed E-state index contributed by atoms with van der Waals surface area (Å²) in [4.78, 5) is 15.8. The van der Waals surface area contributed by atoms with Gasteiger partial charge < -0.3 is 10.4 Å². The average Bonchev–Trinajstić information content (AvgIpc) is 2.62. The molecule has 0 aliphatic heterocycles. The highest BCUT2D eigenvalue weighted by molar-refractivity contribution is 5.93. The van der Waals surface area contributed by atoms with Gasteiger partial charge in [-0.3, -0.25) is 9.48 Å². The van der Waals surface area contributed by atoms with E-state index in [4.69, 9.17) is 5.11 Å². The largest absolute Gasteiger partial charge is 0.396 e. The van der Waals surface area contributed by atoms with Crippen LogP contribution in [0.3, 0.4) is 0 Å². The molecule has 1 amide bonds. The van der Waals surface area contributed by atoms with Gasteiger partial charge in [-0.1, -0.05) is 0 Å². The van der Waals surface area contributed by atoms with Gasteiger partial charge in [0.15, 0.2) is 5.65 Å². The third kappa shape index (κ3) is 2.48. The number of rotatable bonds is 4. The monoisotopic (exact) mass is 248 g/mol. The van der Waals surface area contributed by atoms with Crippen LogP contribution in [0, 0.1) is 6.92 Å². The predicted molar refractivity (Wildman–Crippen MR) is 68.2 cm³/mol. The molecule has 2 aromatic rings. The van der Waals surface area contributed by atoms with Crippen LogP contribution in [-0.4, -0.2) is 32.4 Å². The van der Waals surface area contributed by atoms with Crippen molar-refractivity contribution in [3.63, 3.8) is 0 Å². The molecule has 0 radical (unpaired) electrons. The van der Waals surface area contributed by atoms with Crippen molar-refractivity contribution in [3.8, 4) is 0 Å². The summed E-state index contributed by atoms with van der Waals surface area (Å²) in [6, 6.07) is 1.86. The van der Waals surface area contributed by atoms with Crippen LogP contribution in [0.2, 0.25) is 0 Å². The van der Waals surface area contributed by atoms with Crippen molar-refractivity contribution < 1.29 is 9.90 Å². The Hall–Kier alpha value is -1.95. The first kappa shape index (κ1) is 12.5. The number of carbonyl (C=O) groups excluding carboxylic acids is 1. The molecule has 0 spiro atoms. The second kappa shape index (κ2) is 5.14. The summed E-state index contributed by atoms with van der Waals surface area (Å²) in [7, 11) is 1.84. The van der Waals surface area contributed by atoms with Crippen LogP contribution in [0.15, 0.2) is 12.3 Å². The standard InChI is InChI=1S/C12H16N4O2/c1-8-10-6-9(14-11(18)4-3-5-17)7-13-12(10)16(2)15-8/h6-7,17H,3-5H2,1-2H3,(H,14,18). The lowest BCUT2D eigenvalue weighted by atomic mass is 10.2. The highest BCUT2D eigenvalue weighted by Gasteiger charge is 2.08. The van der Waals surface area contributed by atoms with Crippen LogP contribution in [0.25, 0.3) is 11.0 Å². The number of hydrogen-bond acceptors (Lipinski definition) is 4. The van der Waals surface area contributed by atoms with Gasteiger partial charge in [0.1, 0.15) is 0 Å². The SMILES string of the molecule is Cc1nn(C)c2ncc(NC(=O)CCCO)cc12. The average molecular weight is 248 g/mol. The highest BCUT2D eigenvalue weighted by Crippen LogP contribution is 2.19. The molecule has 0 aliphatic rings. The minimum atomic E-state index is -0.119. The Morgan fingerprint density at radius 1 is 1.56 bits per heavy atom. The molecule has 0 saturated carbocycles. The molecule has 2 aromatic heterocycles. The number of fused-ring (bicyclic) bond motifs is 1. The molecule has 6 heteroatoms. The van der Waals surface area contributed by atoms with Gasteiger partial charge >= 0.3 is 0 Å². The molecule has 0 aliphatic carbocycles. The van der Waals surface area contributed by atoms with Gasteiger partial charge in [0, 0.05) is 25.5 Å². The molecule has 0 atom stereocenters. The molecule has 0 bridgehead atoms. The first-order chi connectivity index (χ1) is 8.61. The fourth-order valence-electron chi connectivity index (χ4n) is 1.84. The number of hydrogen-bond donors (Lipinski definition) is 2. The van der Waals surface area contributed by atoms with Crippen LogP contribution in [0.5, 0.6) is 0 Å². The number of amides is 1. The maximum atomic E-state index is 11.5. The van der Waals surface area contributed by atoms with E-state index in [1.165, 1.54) is 0 Å². The smallest absolute Gasteiger partial charge is 0.224 e. The molecular weight excluding hydrogens is 232 g/mol. The molecule has 2 rings (SSSR count). The van der Waals surface area contributed by atoms with Gasteiger partial charge in [0.25, 0.3) is 0 Å². The second-order valence-corrected chi connectivity index (χ2v) is 4.18. The fourth-order valence-corrected chi connectivity index (χ4v) is 1.84. The number of aliphatic hydroxyl groups excluding tert-OH is 1. The third-order valence-electron chi connectivity index (χ3n) is 2.71. The number of aliphatic hydroxyl groups is 1. The zero-order valence-electron chi connectivity index (χ0n) is 10.5. The van der Waals surface area contributed by atoms with Crippen molar-refractivity contribution in [2.45, 2.75) is 19.8 Å². The summed E-state index contributed by atoms with van der Waals surface area (Å²) < 4.78 is 1.71. The summed E-state index contributed by atoms with van der Waals surface area (Å²) in [5.74, 6) is -0.119. The Morgan fingerprint density at radius 3 is 3.06 bits per heavy atom. The van der Waals surface area contributed by atoms with Gasteiger partial charge in [-0.2, -0.15) is 5.10 Å². The van der Waals surface area contributed by atoms with Crippen molar-refractivity contribution in [1.29, 1.82) is 0 Å². The third-order valence-corrected chi connectivity index (χ3v) is 2.71. The molecule has 6 nitrogen and oxygen atoms in total. The maximum Gasteiger partial charge on any atom is 0.224 e. The van der Waals surface area contributed by atoms with Crippen LogP contribution in [-0.2, 0) is 11.8 Å².